The third-order valence-corrected chi connectivity index (χ3v) is 3.75. The molecule has 2 nitrogen and oxygen atoms in total. The molecule has 1 aromatic carbocycles. The van der Waals surface area contributed by atoms with Gasteiger partial charge < -0.3 is 5.32 Å². The van der Waals surface area contributed by atoms with Gasteiger partial charge in [0.25, 0.3) is 5.78 Å². The summed E-state index contributed by atoms with van der Waals surface area (Å²) in [5.41, 5.74) is 1.19. The lowest BCUT2D eigenvalue weighted by atomic mass is 9.78. The van der Waals surface area contributed by atoms with E-state index in [9.17, 15) is 18.0 Å². The lowest BCUT2D eigenvalue weighted by Crippen LogP contribution is -2.31. The Balaban J connectivity index is 2.49. The molecule has 0 aromatic heterocycles. The number of Topliss-reactive ketones (excluding diaryl/α,β-unsaturated/α-hetero) is 1. The summed E-state index contributed by atoms with van der Waals surface area (Å²) < 4.78 is 38.9. The number of halogens is 4. The van der Waals surface area contributed by atoms with Gasteiger partial charge in [-0.25, -0.2) is 0 Å². The first-order valence-electron chi connectivity index (χ1n) is 6.09. The Morgan fingerprint density at radius 2 is 2.00 bits per heavy atom. The van der Waals surface area contributed by atoms with E-state index in [1.807, 2.05) is 0 Å². The number of ketones is 1. The Labute approximate surface area is 123 Å². The van der Waals surface area contributed by atoms with Gasteiger partial charge in [-0.05, 0) is 23.6 Å². The molecule has 0 saturated carbocycles. The van der Waals surface area contributed by atoms with Crippen LogP contribution in [0.1, 0.15) is 25.3 Å². The average molecular weight is 348 g/mol. The number of rotatable bonds is 2. The zero-order valence-electron chi connectivity index (χ0n) is 10.9. The fraction of sp³-hybridized carbons (Fsp3) is 0.357. The number of anilines is 1. The summed E-state index contributed by atoms with van der Waals surface area (Å²) in [5, 5.41) is 2.78. The van der Waals surface area contributed by atoms with Gasteiger partial charge in [0, 0.05) is 27.9 Å². The van der Waals surface area contributed by atoms with E-state index in [-0.39, 0.29) is 11.5 Å². The molecule has 0 aliphatic carbocycles. The van der Waals surface area contributed by atoms with Gasteiger partial charge in [-0.15, -0.1) is 0 Å². The minimum Gasteiger partial charge on any atom is -0.361 e. The maximum Gasteiger partial charge on any atom is 0.454 e. The number of alkyl halides is 3. The second-order valence-corrected chi connectivity index (χ2v) is 5.94. The normalized spacial score (nSPS) is 18.4. The summed E-state index contributed by atoms with van der Waals surface area (Å²) in [6.07, 6.45) is -3.68. The molecule has 0 spiro atoms. The molecule has 0 saturated heterocycles. The molecular weight excluding hydrogens is 335 g/mol. The highest BCUT2D eigenvalue weighted by Crippen LogP contribution is 2.42. The Morgan fingerprint density at radius 3 is 2.55 bits per heavy atom. The van der Waals surface area contributed by atoms with Crippen molar-refractivity contribution in [1.82, 2.24) is 0 Å². The molecule has 1 heterocycles. The van der Waals surface area contributed by atoms with Crippen LogP contribution >= 0.6 is 15.9 Å². The Kier molecular flexibility index (Phi) is 3.95. The average Bonchev–Trinajstić information content (AvgIpc) is 2.34. The second-order valence-electron chi connectivity index (χ2n) is 5.02. The van der Waals surface area contributed by atoms with Gasteiger partial charge >= 0.3 is 6.18 Å². The minimum absolute atomic E-state index is 0.116. The number of carbonyl (C=O) groups is 1. The molecule has 1 aliphatic rings. The van der Waals surface area contributed by atoms with Gasteiger partial charge in [0.05, 0.1) is 0 Å². The van der Waals surface area contributed by atoms with Gasteiger partial charge in [-0.2, -0.15) is 13.2 Å². The molecule has 1 atom stereocenters. The van der Waals surface area contributed by atoms with Crippen LogP contribution in [0.4, 0.5) is 18.9 Å². The van der Waals surface area contributed by atoms with E-state index < -0.39 is 17.9 Å². The third-order valence-electron chi connectivity index (χ3n) is 3.25. The quantitative estimate of drug-likeness (QED) is 0.844. The second kappa shape index (κ2) is 5.24. The van der Waals surface area contributed by atoms with Crippen LogP contribution in [0.25, 0.3) is 0 Å². The summed E-state index contributed by atoms with van der Waals surface area (Å²) in [6, 6.07) is 5.29. The molecule has 1 N–H and O–H groups in total. The number of carbonyl (C=O) groups excluding carboxylic acids is 1. The Hall–Kier alpha value is -1.30. The van der Waals surface area contributed by atoms with E-state index in [1.165, 1.54) is 6.20 Å². The lowest BCUT2D eigenvalue weighted by molar-refractivity contribution is -0.167. The van der Waals surface area contributed by atoms with E-state index >= 15 is 0 Å². The topological polar surface area (TPSA) is 29.1 Å². The lowest BCUT2D eigenvalue weighted by Gasteiger charge is -2.30. The van der Waals surface area contributed by atoms with Crippen molar-refractivity contribution >= 4 is 27.4 Å². The van der Waals surface area contributed by atoms with Crippen LogP contribution in [0.3, 0.4) is 0 Å². The molecule has 20 heavy (non-hydrogen) atoms. The maximum atomic E-state index is 12.7. The monoisotopic (exact) mass is 347 g/mol. The molecule has 0 bridgehead atoms. The summed E-state index contributed by atoms with van der Waals surface area (Å²) in [6.45, 7) is 3.61. The highest BCUT2D eigenvalue weighted by molar-refractivity contribution is 9.10. The van der Waals surface area contributed by atoms with Gasteiger partial charge in [0.15, 0.2) is 0 Å². The molecular formula is C14H13BrF3NO. The van der Waals surface area contributed by atoms with E-state index in [0.717, 1.165) is 10.2 Å². The predicted octanol–water partition coefficient (Wildman–Crippen LogP) is 4.63. The first-order valence-corrected chi connectivity index (χ1v) is 6.88. The maximum absolute atomic E-state index is 12.7. The fourth-order valence-corrected chi connectivity index (χ4v) is 2.79. The van der Waals surface area contributed by atoms with Crippen LogP contribution in [0.15, 0.2) is 34.4 Å². The number of nitrogens with one attached hydrogen (secondary N) is 1. The van der Waals surface area contributed by atoms with Gasteiger partial charge in [-0.1, -0.05) is 35.8 Å². The zero-order valence-corrected chi connectivity index (χ0v) is 12.5. The first-order chi connectivity index (χ1) is 9.21. The molecule has 1 unspecified atom stereocenters. The van der Waals surface area contributed by atoms with Crippen molar-refractivity contribution in [3.05, 3.63) is 40.0 Å². The van der Waals surface area contributed by atoms with Crippen molar-refractivity contribution in [3.63, 3.8) is 0 Å². The van der Waals surface area contributed by atoms with Gasteiger partial charge in [0.1, 0.15) is 0 Å². The van der Waals surface area contributed by atoms with Crippen molar-refractivity contribution in [1.29, 1.82) is 0 Å². The van der Waals surface area contributed by atoms with E-state index in [4.69, 9.17) is 0 Å². The number of allylic oxidation sites excluding steroid dienone is 1. The standard InChI is InChI=1S/C14H13BrF3NO/c1-7(2)12-9-4-3-8(15)5-11(9)19-6-10(12)13(20)14(16,17)18/h3-7,12,19H,1-2H3. The van der Waals surface area contributed by atoms with E-state index in [2.05, 4.69) is 21.2 Å². The smallest absolute Gasteiger partial charge is 0.361 e. The molecule has 2 rings (SSSR count). The number of hydrogen-bond donors (Lipinski definition) is 1. The van der Waals surface area contributed by atoms with Crippen LogP contribution in [0.5, 0.6) is 0 Å². The highest BCUT2D eigenvalue weighted by Gasteiger charge is 2.44. The zero-order chi connectivity index (χ0) is 15.1. The predicted molar refractivity (Wildman–Crippen MR) is 74.5 cm³/mol. The summed E-state index contributed by atoms with van der Waals surface area (Å²) in [4.78, 5) is 11.6. The Morgan fingerprint density at radius 1 is 1.35 bits per heavy atom. The van der Waals surface area contributed by atoms with Crippen LogP contribution in [-0.2, 0) is 4.79 Å². The largest absolute Gasteiger partial charge is 0.454 e. The third kappa shape index (κ3) is 2.75. The van der Waals surface area contributed by atoms with E-state index in [1.54, 1.807) is 32.0 Å². The number of benzene rings is 1. The summed E-state index contributed by atoms with van der Waals surface area (Å²) in [7, 11) is 0. The van der Waals surface area contributed by atoms with Crippen LogP contribution in [0, 0.1) is 5.92 Å². The van der Waals surface area contributed by atoms with Gasteiger partial charge in [-0.3, -0.25) is 4.79 Å². The Bertz CT molecular complexity index is 578. The van der Waals surface area contributed by atoms with Crippen LogP contribution in [-0.4, -0.2) is 12.0 Å². The highest BCUT2D eigenvalue weighted by atomic mass is 79.9. The molecule has 0 fully saturated rings. The fourth-order valence-electron chi connectivity index (χ4n) is 2.43. The SMILES string of the molecule is CC(C)C1C(C(=O)C(F)(F)F)=CNc2cc(Br)ccc21. The van der Waals surface area contributed by atoms with Gasteiger partial charge in [0.2, 0.25) is 0 Å². The van der Waals surface area contributed by atoms with Crippen LogP contribution in [0.2, 0.25) is 0 Å². The van der Waals surface area contributed by atoms with Crippen molar-refractivity contribution < 1.29 is 18.0 Å². The molecule has 6 heteroatoms. The van der Waals surface area contributed by atoms with Crippen molar-refractivity contribution in [3.8, 4) is 0 Å². The molecule has 108 valence electrons. The molecule has 1 aromatic rings. The van der Waals surface area contributed by atoms with Crippen molar-refractivity contribution in [2.24, 2.45) is 5.92 Å². The first kappa shape index (κ1) is 15.1. The molecule has 0 amide bonds. The van der Waals surface area contributed by atoms with Crippen molar-refractivity contribution in [2.45, 2.75) is 25.9 Å². The van der Waals surface area contributed by atoms with Crippen LogP contribution < -0.4 is 5.32 Å². The number of fused-ring (bicyclic) bond motifs is 1. The molecule has 1 aliphatic heterocycles. The molecule has 0 radical (unpaired) electrons. The van der Waals surface area contributed by atoms with E-state index in [0.29, 0.717) is 5.56 Å². The summed E-state index contributed by atoms with van der Waals surface area (Å²) in [5.74, 6) is -2.46. The minimum atomic E-state index is -4.85. The number of hydrogen-bond acceptors (Lipinski definition) is 2. The summed E-state index contributed by atoms with van der Waals surface area (Å²) >= 11 is 3.32. The van der Waals surface area contributed by atoms with Crippen molar-refractivity contribution in [2.75, 3.05) is 5.32 Å².